The summed E-state index contributed by atoms with van der Waals surface area (Å²) in [4.78, 5) is 47.9. The Kier molecular flexibility index (Phi) is 8.33. The topological polar surface area (TPSA) is 160 Å². The maximum atomic E-state index is 12.6. The fourth-order valence-corrected chi connectivity index (χ4v) is 2.91. The van der Waals surface area contributed by atoms with Crippen LogP contribution >= 0.6 is 0 Å². The molecule has 3 unspecified atom stereocenters. The van der Waals surface area contributed by atoms with Gasteiger partial charge in [0, 0.05) is 24.1 Å². The number of alkyl carbamates (subject to hydrolysis) is 1. The molecule has 0 aliphatic heterocycles. The number of nitrogens with one attached hydrogen (secondary N) is 3. The number of hydrogen-bond acceptors (Lipinski definition) is 6. The number of amides is 4. The number of hydrogen-bond donors (Lipinski definition) is 5. The van der Waals surface area contributed by atoms with Crippen molar-refractivity contribution in [2.75, 3.05) is 13.1 Å². The maximum absolute atomic E-state index is 12.6. The van der Waals surface area contributed by atoms with Gasteiger partial charge in [0.25, 0.3) is 5.91 Å². The predicted molar refractivity (Wildman–Crippen MR) is 112 cm³/mol. The Balaban J connectivity index is 2.20. The third kappa shape index (κ3) is 6.96. The molecule has 0 aromatic heterocycles. The smallest absolute Gasteiger partial charge is 0.407 e. The average Bonchev–Trinajstić information content (AvgIpc) is 2.73. The van der Waals surface area contributed by atoms with Gasteiger partial charge in [0.1, 0.15) is 12.2 Å². The molecule has 10 nitrogen and oxygen atoms in total. The first-order chi connectivity index (χ1) is 14.7. The molecule has 1 aromatic rings. The molecule has 1 aromatic carbocycles. The SMILES string of the molecule is C=CCNC(=O)OC1CC(C(=O)NCC(N)=O)=CC(NC(=O)c2ccc(C)cc2)C1O. The Bertz CT molecular complexity index is 880. The largest absolute Gasteiger partial charge is 0.443 e. The van der Waals surface area contributed by atoms with E-state index >= 15 is 0 Å². The highest BCUT2D eigenvalue weighted by molar-refractivity contribution is 5.97. The number of primary amides is 1. The van der Waals surface area contributed by atoms with Crippen molar-refractivity contribution in [3.63, 3.8) is 0 Å². The zero-order valence-electron chi connectivity index (χ0n) is 17.1. The number of ether oxygens (including phenoxy) is 1. The highest BCUT2D eigenvalue weighted by Gasteiger charge is 2.37. The molecular weight excluding hydrogens is 404 g/mol. The molecule has 10 heteroatoms. The van der Waals surface area contributed by atoms with E-state index < -0.39 is 42.1 Å². The van der Waals surface area contributed by atoms with E-state index in [2.05, 4.69) is 22.5 Å². The van der Waals surface area contributed by atoms with Crippen LogP contribution in [0.2, 0.25) is 0 Å². The van der Waals surface area contributed by atoms with Crippen molar-refractivity contribution < 1.29 is 29.0 Å². The summed E-state index contributed by atoms with van der Waals surface area (Å²) in [7, 11) is 0. The van der Waals surface area contributed by atoms with Gasteiger partial charge in [-0.2, -0.15) is 0 Å². The van der Waals surface area contributed by atoms with Crippen molar-refractivity contribution in [1.29, 1.82) is 0 Å². The molecule has 166 valence electrons. The zero-order chi connectivity index (χ0) is 23.0. The fraction of sp³-hybridized carbons (Fsp3) is 0.333. The van der Waals surface area contributed by atoms with Crippen molar-refractivity contribution in [3.05, 3.63) is 59.7 Å². The molecule has 6 N–H and O–H groups in total. The number of carbonyl (C=O) groups excluding carboxylic acids is 4. The second kappa shape index (κ2) is 10.9. The molecule has 4 amide bonds. The molecule has 1 aliphatic rings. The summed E-state index contributed by atoms with van der Waals surface area (Å²) < 4.78 is 5.23. The second-order valence-corrected chi connectivity index (χ2v) is 7.01. The monoisotopic (exact) mass is 430 g/mol. The lowest BCUT2D eigenvalue weighted by Gasteiger charge is -2.33. The maximum Gasteiger partial charge on any atom is 0.407 e. The fourth-order valence-electron chi connectivity index (χ4n) is 2.91. The summed E-state index contributed by atoms with van der Waals surface area (Å²) in [6.45, 7) is 5.12. The minimum absolute atomic E-state index is 0.121. The molecule has 31 heavy (non-hydrogen) atoms. The minimum Gasteiger partial charge on any atom is -0.443 e. The van der Waals surface area contributed by atoms with Crippen LogP contribution in [0.3, 0.4) is 0 Å². The van der Waals surface area contributed by atoms with E-state index in [-0.39, 0.29) is 25.1 Å². The first-order valence-corrected chi connectivity index (χ1v) is 9.59. The highest BCUT2D eigenvalue weighted by Crippen LogP contribution is 2.23. The molecule has 3 atom stereocenters. The van der Waals surface area contributed by atoms with Crippen molar-refractivity contribution >= 4 is 23.8 Å². The molecule has 0 saturated carbocycles. The standard InChI is InChI=1S/C21H26N4O6/c1-3-8-23-21(30)31-16-10-14(19(28)24-11-17(22)26)9-15(18(16)27)25-20(29)13-6-4-12(2)5-7-13/h3-7,9,15-16,18,27H,1,8,10-11H2,2H3,(H2,22,26)(H,23,30)(H,24,28)(H,25,29). The summed E-state index contributed by atoms with van der Waals surface area (Å²) in [5, 5.41) is 18.1. The molecule has 2 rings (SSSR count). The first kappa shape index (κ1) is 23.6. The minimum atomic E-state index is -1.31. The summed E-state index contributed by atoms with van der Waals surface area (Å²) >= 11 is 0. The van der Waals surface area contributed by atoms with E-state index in [1.165, 1.54) is 12.2 Å². The number of aliphatic hydroxyl groups excluding tert-OH is 1. The van der Waals surface area contributed by atoms with E-state index in [4.69, 9.17) is 10.5 Å². The third-order valence-electron chi connectivity index (χ3n) is 4.53. The molecule has 0 bridgehead atoms. The number of aryl methyl sites for hydroxylation is 1. The van der Waals surface area contributed by atoms with Crippen molar-refractivity contribution in [2.24, 2.45) is 5.73 Å². The van der Waals surface area contributed by atoms with E-state index in [9.17, 15) is 24.3 Å². The van der Waals surface area contributed by atoms with Crippen LogP contribution in [0.5, 0.6) is 0 Å². The molecule has 1 aliphatic carbocycles. The molecule has 0 saturated heterocycles. The number of aliphatic hydroxyl groups is 1. The number of benzene rings is 1. The van der Waals surface area contributed by atoms with Gasteiger partial charge >= 0.3 is 6.09 Å². The van der Waals surface area contributed by atoms with Gasteiger partial charge in [-0.3, -0.25) is 14.4 Å². The lowest BCUT2D eigenvalue weighted by molar-refractivity contribution is -0.123. The number of rotatable bonds is 8. The summed E-state index contributed by atoms with van der Waals surface area (Å²) in [5.74, 6) is -1.83. The van der Waals surface area contributed by atoms with E-state index in [1.54, 1.807) is 24.3 Å². The molecular formula is C21H26N4O6. The first-order valence-electron chi connectivity index (χ1n) is 9.59. The van der Waals surface area contributed by atoms with Gasteiger partial charge in [0.15, 0.2) is 0 Å². The Morgan fingerprint density at radius 3 is 2.48 bits per heavy atom. The van der Waals surface area contributed by atoms with Crippen molar-refractivity contribution in [2.45, 2.75) is 31.6 Å². The van der Waals surface area contributed by atoms with Crippen LogP contribution in [-0.4, -0.2) is 60.3 Å². The third-order valence-corrected chi connectivity index (χ3v) is 4.53. The van der Waals surface area contributed by atoms with Gasteiger partial charge in [-0.1, -0.05) is 29.8 Å². The van der Waals surface area contributed by atoms with Crippen LogP contribution in [0.25, 0.3) is 0 Å². The predicted octanol–water partition coefficient (Wildman–Crippen LogP) is -0.333. The Morgan fingerprint density at radius 2 is 1.87 bits per heavy atom. The second-order valence-electron chi connectivity index (χ2n) is 7.01. The van der Waals surface area contributed by atoms with E-state index in [0.717, 1.165) is 5.56 Å². The lowest BCUT2D eigenvalue weighted by atomic mass is 9.89. The Morgan fingerprint density at radius 1 is 1.19 bits per heavy atom. The van der Waals surface area contributed by atoms with Crippen LogP contribution < -0.4 is 21.7 Å². The average molecular weight is 430 g/mol. The van der Waals surface area contributed by atoms with Crippen LogP contribution in [0.1, 0.15) is 22.3 Å². The van der Waals surface area contributed by atoms with Crippen LogP contribution in [0.4, 0.5) is 4.79 Å². The van der Waals surface area contributed by atoms with Crippen LogP contribution in [0, 0.1) is 6.92 Å². The molecule has 0 heterocycles. The molecule has 0 spiro atoms. The normalized spacial score (nSPS) is 20.1. The zero-order valence-corrected chi connectivity index (χ0v) is 17.1. The van der Waals surface area contributed by atoms with Crippen molar-refractivity contribution in [1.82, 2.24) is 16.0 Å². The highest BCUT2D eigenvalue weighted by atomic mass is 16.6. The van der Waals surface area contributed by atoms with E-state index in [1.807, 2.05) is 6.92 Å². The van der Waals surface area contributed by atoms with Gasteiger partial charge in [0.2, 0.25) is 11.8 Å². The van der Waals surface area contributed by atoms with Crippen LogP contribution in [-0.2, 0) is 14.3 Å². The van der Waals surface area contributed by atoms with Gasteiger partial charge in [-0.05, 0) is 19.1 Å². The Labute approximate surface area is 179 Å². The van der Waals surface area contributed by atoms with Gasteiger partial charge in [-0.25, -0.2) is 4.79 Å². The summed E-state index contributed by atoms with van der Waals surface area (Å²) in [5.41, 5.74) is 6.50. The number of carbonyl (C=O) groups is 4. The molecule has 0 fully saturated rings. The Hall–Kier alpha value is -3.66. The van der Waals surface area contributed by atoms with Gasteiger partial charge in [-0.15, -0.1) is 6.58 Å². The summed E-state index contributed by atoms with van der Waals surface area (Å²) in [6, 6.07) is 5.76. The van der Waals surface area contributed by atoms with Crippen molar-refractivity contribution in [3.8, 4) is 0 Å². The van der Waals surface area contributed by atoms with Gasteiger partial charge < -0.3 is 31.5 Å². The van der Waals surface area contributed by atoms with E-state index in [0.29, 0.717) is 5.56 Å². The number of nitrogens with two attached hydrogens (primary N) is 1. The lowest BCUT2D eigenvalue weighted by Crippen LogP contribution is -2.53. The quantitative estimate of drug-likeness (QED) is 0.355. The van der Waals surface area contributed by atoms with Crippen LogP contribution in [0.15, 0.2) is 48.6 Å². The molecule has 0 radical (unpaired) electrons. The van der Waals surface area contributed by atoms with Gasteiger partial charge in [0.05, 0.1) is 12.6 Å². The summed E-state index contributed by atoms with van der Waals surface area (Å²) in [6.07, 6.45) is -0.541.